The number of ether oxygens (including phenoxy) is 2. The van der Waals surface area contributed by atoms with Crippen molar-refractivity contribution in [1.82, 2.24) is 9.78 Å². The molecule has 120 valence electrons. The third-order valence-electron chi connectivity index (χ3n) is 3.94. The number of anilines is 1. The second kappa shape index (κ2) is 6.79. The molecular weight excluding hydrogens is 266 g/mol. The Bertz CT molecular complexity index is 451. The molecule has 0 radical (unpaired) electrons. The Morgan fingerprint density at radius 2 is 2.24 bits per heavy atom. The minimum absolute atomic E-state index is 0.0147. The van der Waals surface area contributed by atoms with Gasteiger partial charge in [-0.25, -0.2) is 0 Å². The third-order valence-corrected chi connectivity index (χ3v) is 3.94. The van der Waals surface area contributed by atoms with Crippen molar-refractivity contribution in [3.63, 3.8) is 0 Å². The monoisotopic (exact) mass is 295 g/mol. The zero-order valence-corrected chi connectivity index (χ0v) is 13.8. The van der Waals surface area contributed by atoms with Crippen LogP contribution >= 0.6 is 0 Å². The van der Waals surface area contributed by atoms with Crippen LogP contribution in [-0.2, 0) is 14.9 Å². The average Bonchev–Trinajstić information content (AvgIpc) is 3.00. The Balaban J connectivity index is 2.09. The summed E-state index contributed by atoms with van der Waals surface area (Å²) in [7, 11) is 0. The molecule has 1 fully saturated rings. The lowest BCUT2D eigenvalue weighted by atomic mass is 9.91. The lowest BCUT2D eigenvalue weighted by Crippen LogP contribution is -2.30. The Labute approximate surface area is 127 Å². The lowest BCUT2D eigenvalue weighted by molar-refractivity contribution is 0.000965. The molecule has 0 aliphatic carbocycles. The fourth-order valence-electron chi connectivity index (χ4n) is 2.75. The highest BCUT2D eigenvalue weighted by atomic mass is 16.5. The van der Waals surface area contributed by atoms with Crippen LogP contribution in [0.4, 0.5) is 5.82 Å². The van der Waals surface area contributed by atoms with E-state index in [0.717, 1.165) is 38.2 Å². The highest BCUT2D eigenvalue weighted by Crippen LogP contribution is 2.32. The van der Waals surface area contributed by atoms with Crippen molar-refractivity contribution in [2.45, 2.75) is 64.5 Å². The van der Waals surface area contributed by atoms with Crippen LogP contribution in [-0.4, -0.2) is 35.7 Å². The van der Waals surface area contributed by atoms with E-state index in [-0.39, 0.29) is 17.6 Å². The molecule has 0 bridgehead atoms. The van der Waals surface area contributed by atoms with Gasteiger partial charge in [0.05, 0.1) is 12.6 Å². The summed E-state index contributed by atoms with van der Waals surface area (Å²) in [6, 6.07) is 2.20. The first kappa shape index (κ1) is 16.3. The van der Waals surface area contributed by atoms with Crippen molar-refractivity contribution in [1.29, 1.82) is 0 Å². The van der Waals surface area contributed by atoms with E-state index in [9.17, 15) is 0 Å². The summed E-state index contributed by atoms with van der Waals surface area (Å²) in [6.45, 7) is 10.9. The number of unbranched alkanes of at least 4 members (excludes halogenated alkanes) is 1. The van der Waals surface area contributed by atoms with E-state index < -0.39 is 0 Å². The van der Waals surface area contributed by atoms with E-state index in [2.05, 4.69) is 37.5 Å². The first-order chi connectivity index (χ1) is 9.93. The van der Waals surface area contributed by atoms with Crippen LogP contribution in [0.25, 0.3) is 0 Å². The van der Waals surface area contributed by atoms with Crippen molar-refractivity contribution in [2.75, 3.05) is 25.6 Å². The maximum absolute atomic E-state index is 5.92. The van der Waals surface area contributed by atoms with E-state index in [1.165, 1.54) is 0 Å². The summed E-state index contributed by atoms with van der Waals surface area (Å²) in [5, 5.41) is 4.51. The first-order valence-electron chi connectivity index (χ1n) is 7.98. The molecule has 1 aliphatic heterocycles. The van der Waals surface area contributed by atoms with Crippen molar-refractivity contribution >= 4 is 5.82 Å². The zero-order chi connectivity index (χ0) is 15.5. The van der Waals surface area contributed by atoms with Gasteiger partial charge in [0.2, 0.25) is 0 Å². The van der Waals surface area contributed by atoms with Crippen molar-refractivity contribution in [3.8, 4) is 0 Å². The molecule has 0 amide bonds. The Kier molecular flexibility index (Phi) is 5.27. The number of nitrogens with two attached hydrogens (primary N) is 1. The van der Waals surface area contributed by atoms with Crippen LogP contribution in [0.15, 0.2) is 6.07 Å². The molecule has 1 aromatic rings. The number of hydrogen-bond donors (Lipinski definition) is 1. The van der Waals surface area contributed by atoms with Crippen LogP contribution < -0.4 is 5.73 Å². The quantitative estimate of drug-likeness (QED) is 0.820. The van der Waals surface area contributed by atoms with Crippen LogP contribution in [0.1, 0.15) is 58.7 Å². The molecule has 1 aliphatic rings. The van der Waals surface area contributed by atoms with Crippen molar-refractivity contribution < 1.29 is 9.47 Å². The molecule has 0 aromatic carbocycles. The molecule has 0 unspecified atom stereocenters. The van der Waals surface area contributed by atoms with E-state index in [1.54, 1.807) is 0 Å². The SMILES string of the molecule is CCCCOC[C@H]1OCC[C@@H]1n1nc(N)cc1C(C)(C)C. The average molecular weight is 295 g/mol. The molecule has 1 aromatic heterocycles. The fraction of sp³-hybridized carbons (Fsp3) is 0.812. The van der Waals surface area contributed by atoms with Crippen LogP contribution in [0.3, 0.4) is 0 Å². The van der Waals surface area contributed by atoms with Gasteiger partial charge in [-0.15, -0.1) is 0 Å². The van der Waals surface area contributed by atoms with Crippen LogP contribution in [0.5, 0.6) is 0 Å². The van der Waals surface area contributed by atoms with Gasteiger partial charge in [0, 0.05) is 30.4 Å². The Hall–Kier alpha value is -1.07. The van der Waals surface area contributed by atoms with Gasteiger partial charge in [-0.05, 0) is 12.8 Å². The van der Waals surface area contributed by atoms with Crippen molar-refractivity contribution in [3.05, 3.63) is 11.8 Å². The maximum atomic E-state index is 5.92. The first-order valence-corrected chi connectivity index (χ1v) is 7.98. The van der Waals surface area contributed by atoms with E-state index in [4.69, 9.17) is 15.2 Å². The van der Waals surface area contributed by atoms with Crippen LogP contribution in [0.2, 0.25) is 0 Å². The molecular formula is C16H29N3O2. The van der Waals surface area contributed by atoms with Gasteiger partial charge < -0.3 is 15.2 Å². The van der Waals surface area contributed by atoms with Gasteiger partial charge in [-0.3, -0.25) is 4.68 Å². The fourth-order valence-corrected chi connectivity index (χ4v) is 2.75. The van der Waals surface area contributed by atoms with Gasteiger partial charge in [0.15, 0.2) is 0 Å². The van der Waals surface area contributed by atoms with Gasteiger partial charge in [-0.2, -0.15) is 5.10 Å². The number of nitrogens with zero attached hydrogens (tertiary/aromatic N) is 2. The summed E-state index contributed by atoms with van der Waals surface area (Å²) in [5.41, 5.74) is 7.10. The molecule has 5 heteroatoms. The number of nitrogen functional groups attached to an aromatic ring is 1. The molecule has 0 spiro atoms. The second-order valence-electron chi connectivity index (χ2n) is 6.84. The molecule has 0 saturated carbocycles. The molecule has 2 rings (SSSR count). The zero-order valence-electron chi connectivity index (χ0n) is 13.8. The predicted molar refractivity (Wildman–Crippen MR) is 84.5 cm³/mol. The largest absolute Gasteiger partial charge is 0.382 e. The number of hydrogen-bond acceptors (Lipinski definition) is 4. The Morgan fingerprint density at radius 1 is 1.48 bits per heavy atom. The topological polar surface area (TPSA) is 62.3 Å². The number of aromatic nitrogens is 2. The van der Waals surface area contributed by atoms with Crippen LogP contribution in [0, 0.1) is 0 Å². The van der Waals surface area contributed by atoms with Crippen molar-refractivity contribution in [2.24, 2.45) is 0 Å². The third kappa shape index (κ3) is 3.98. The molecule has 21 heavy (non-hydrogen) atoms. The summed E-state index contributed by atoms with van der Waals surface area (Å²) in [6.07, 6.45) is 3.28. The predicted octanol–water partition coefficient (Wildman–Crippen LogP) is 2.91. The normalized spacial score (nSPS) is 22.9. The Morgan fingerprint density at radius 3 is 2.90 bits per heavy atom. The van der Waals surface area contributed by atoms with E-state index >= 15 is 0 Å². The molecule has 2 atom stereocenters. The highest BCUT2D eigenvalue weighted by molar-refractivity contribution is 5.33. The minimum Gasteiger partial charge on any atom is -0.382 e. The van der Waals surface area contributed by atoms with Gasteiger partial charge in [0.1, 0.15) is 11.9 Å². The summed E-state index contributed by atoms with van der Waals surface area (Å²) >= 11 is 0. The molecule has 1 saturated heterocycles. The second-order valence-corrected chi connectivity index (χ2v) is 6.84. The summed E-state index contributed by atoms with van der Waals surface area (Å²) in [4.78, 5) is 0. The molecule has 2 heterocycles. The highest BCUT2D eigenvalue weighted by Gasteiger charge is 2.34. The maximum Gasteiger partial charge on any atom is 0.145 e. The van der Waals surface area contributed by atoms with E-state index in [1.807, 2.05) is 6.07 Å². The standard InChI is InChI=1S/C16H29N3O2/c1-5-6-8-20-11-13-12(7-9-21-13)19-14(16(2,3)4)10-15(17)18-19/h10,12-13H,5-9,11H2,1-4H3,(H2,17,18)/t12-,13+/m0/s1. The summed E-state index contributed by atoms with van der Waals surface area (Å²) in [5.74, 6) is 0.581. The van der Waals surface area contributed by atoms with Gasteiger partial charge in [0.25, 0.3) is 0 Å². The minimum atomic E-state index is 0.0147. The summed E-state index contributed by atoms with van der Waals surface area (Å²) < 4.78 is 13.7. The molecule has 2 N–H and O–H groups in total. The van der Waals surface area contributed by atoms with Gasteiger partial charge in [-0.1, -0.05) is 34.1 Å². The van der Waals surface area contributed by atoms with E-state index in [0.29, 0.717) is 12.4 Å². The molecule has 5 nitrogen and oxygen atoms in total. The lowest BCUT2D eigenvalue weighted by Gasteiger charge is -2.26. The number of rotatable bonds is 6. The smallest absolute Gasteiger partial charge is 0.145 e. The van der Waals surface area contributed by atoms with Gasteiger partial charge >= 0.3 is 0 Å².